The highest BCUT2D eigenvalue weighted by Crippen LogP contribution is 2.35. The Balaban J connectivity index is 1.78. The molecule has 1 fully saturated rings. The Morgan fingerprint density at radius 2 is 1.90 bits per heavy atom. The molecule has 1 aromatic carbocycles. The van der Waals surface area contributed by atoms with E-state index in [1.807, 2.05) is 42.6 Å². The first-order valence-corrected chi connectivity index (χ1v) is 11.4. The van der Waals surface area contributed by atoms with Crippen molar-refractivity contribution in [3.8, 4) is 22.8 Å². The molecule has 1 aliphatic heterocycles. The van der Waals surface area contributed by atoms with Gasteiger partial charge >= 0.3 is 0 Å². The van der Waals surface area contributed by atoms with Crippen LogP contribution in [0.3, 0.4) is 0 Å². The number of aryl methyl sites for hydroxylation is 2. The first kappa shape index (κ1) is 21.3. The van der Waals surface area contributed by atoms with E-state index in [2.05, 4.69) is 9.62 Å². The van der Waals surface area contributed by atoms with Crippen molar-refractivity contribution >= 4 is 21.5 Å². The quantitative estimate of drug-likeness (QED) is 0.586. The number of fused-ring (bicyclic) bond motifs is 1. The van der Waals surface area contributed by atoms with Crippen molar-refractivity contribution in [2.24, 2.45) is 5.14 Å². The van der Waals surface area contributed by atoms with Crippen molar-refractivity contribution in [2.75, 3.05) is 32.2 Å². The molecule has 1 saturated heterocycles. The van der Waals surface area contributed by atoms with Crippen molar-refractivity contribution in [2.45, 2.75) is 26.3 Å². The molecule has 0 aliphatic carbocycles. The minimum Gasteiger partial charge on any atom is -0.493 e. The van der Waals surface area contributed by atoms with Crippen LogP contribution in [-0.2, 0) is 10.2 Å². The Bertz CT molecular complexity index is 1240. The Hall–Kier alpha value is -2.89. The number of nitrogens with zero attached hydrogens (tertiary/aromatic N) is 4. The van der Waals surface area contributed by atoms with Gasteiger partial charge in [-0.05, 0) is 44.5 Å². The van der Waals surface area contributed by atoms with E-state index in [-0.39, 0.29) is 6.04 Å². The maximum atomic E-state index is 11.4. The maximum Gasteiger partial charge on any atom is 0.274 e. The molecule has 3 heterocycles. The van der Waals surface area contributed by atoms with E-state index >= 15 is 0 Å². The van der Waals surface area contributed by atoms with Crippen molar-refractivity contribution in [3.05, 3.63) is 35.7 Å². The molecule has 11 heteroatoms. The monoisotopic (exact) mass is 446 g/mol. The van der Waals surface area contributed by atoms with Gasteiger partial charge in [-0.25, -0.2) is 14.6 Å². The summed E-state index contributed by atoms with van der Waals surface area (Å²) in [5, 5.41) is 9.85. The first-order chi connectivity index (χ1) is 14.7. The van der Waals surface area contributed by atoms with E-state index in [0.717, 1.165) is 28.3 Å². The van der Waals surface area contributed by atoms with Gasteiger partial charge in [-0.1, -0.05) is 0 Å². The standard InChI is InChI=1S/C20H26N6O4S/c1-12-9-16(25-8-7-15(11-25)24-31(21,27)28)20-22-13(2)19(26(20)23-12)14-5-6-17(29-3)18(10-14)30-4/h5-6,9-10,15,24H,7-8,11H2,1-4H3,(H2,21,27,28). The molecular weight excluding hydrogens is 420 g/mol. The van der Waals surface area contributed by atoms with E-state index in [1.54, 1.807) is 14.2 Å². The van der Waals surface area contributed by atoms with Gasteiger partial charge in [0.05, 0.1) is 37.0 Å². The van der Waals surface area contributed by atoms with Gasteiger partial charge < -0.3 is 14.4 Å². The van der Waals surface area contributed by atoms with Crippen LogP contribution < -0.4 is 24.2 Å². The summed E-state index contributed by atoms with van der Waals surface area (Å²) in [4.78, 5) is 6.91. The molecule has 2 aromatic heterocycles. The van der Waals surface area contributed by atoms with E-state index in [4.69, 9.17) is 24.7 Å². The zero-order chi connectivity index (χ0) is 22.3. The summed E-state index contributed by atoms with van der Waals surface area (Å²) in [7, 11) is -0.547. The molecule has 3 N–H and O–H groups in total. The van der Waals surface area contributed by atoms with Crippen LogP contribution in [0.2, 0.25) is 0 Å². The van der Waals surface area contributed by atoms with E-state index in [1.165, 1.54) is 0 Å². The molecule has 0 amide bonds. The Kier molecular flexibility index (Phi) is 5.50. The molecule has 1 atom stereocenters. The molecule has 0 saturated carbocycles. The minimum absolute atomic E-state index is 0.245. The smallest absolute Gasteiger partial charge is 0.274 e. The number of benzene rings is 1. The first-order valence-electron chi connectivity index (χ1n) is 9.84. The summed E-state index contributed by atoms with van der Waals surface area (Å²) in [6.07, 6.45) is 0.659. The van der Waals surface area contributed by atoms with Gasteiger partial charge in [-0.3, -0.25) is 0 Å². The van der Waals surface area contributed by atoms with Crippen LogP contribution in [0, 0.1) is 13.8 Å². The average Bonchev–Trinajstić information content (AvgIpc) is 3.29. The molecule has 1 unspecified atom stereocenters. The summed E-state index contributed by atoms with van der Waals surface area (Å²) in [5.74, 6) is 1.27. The number of hydrogen-bond donors (Lipinski definition) is 2. The van der Waals surface area contributed by atoms with Gasteiger partial charge in [0, 0.05) is 24.7 Å². The predicted octanol–water partition coefficient (Wildman–Crippen LogP) is 1.40. The van der Waals surface area contributed by atoms with E-state index in [9.17, 15) is 8.42 Å². The molecular formula is C20H26N6O4S. The number of aromatic nitrogens is 3. The summed E-state index contributed by atoms with van der Waals surface area (Å²) in [5.41, 5.74) is 5.03. The number of imidazole rings is 1. The van der Waals surface area contributed by atoms with Crippen LogP contribution in [0.15, 0.2) is 24.3 Å². The van der Waals surface area contributed by atoms with Crippen LogP contribution in [0.25, 0.3) is 16.9 Å². The highest BCUT2D eigenvalue weighted by molar-refractivity contribution is 7.87. The van der Waals surface area contributed by atoms with Gasteiger partial charge in [0.25, 0.3) is 10.2 Å². The molecule has 0 radical (unpaired) electrons. The van der Waals surface area contributed by atoms with Crippen LogP contribution in [0.5, 0.6) is 11.5 Å². The molecule has 4 rings (SSSR count). The molecule has 3 aromatic rings. The average molecular weight is 447 g/mol. The predicted molar refractivity (Wildman–Crippen MR) is 118 cm³/mol. The summed E-state index contributed by atoms with van der Waals surface area (Å²) < 4.78 is 37.9. The van der Waals surface area contributed by atoms with Gasteiger partial charge in [0.15, 0.2) is 17.1 Å². The lowest BCUT2D eigenvalue weighted by atomic mass is 10.1. The van der Waals surface area contributed by atoms with Gasteiger partial charge in [0.1, 0.15) is 0 Å². The third-order valence-corrected chi connectivity index (χ3v) is 6.04. The van der Waals surface area contributed by atoms with Gasteiger partial charge in [-0.15, -0.1) is 0 Å². The highest BCUT2D eigenvalue weighted by Gasteiger charge is 2.28. The number of ether oxygens (including phenoxy) is 2. The van der Waals surface area contributed by atoms with Crippen molar-refractivity contribution in [3.63, 3.8) is 0 Å². The SMILES string of the molecule is COc1ccc(-c2c(C)nc3c(N4CCC(NS(N)(=O)=O)C4)cc(C)nn23)cc1OC. The largest absolute Gasteiger partial charge is 0.493 e. The number of rotatable bonds is 6. The zero-order valence-electron chi connectivity index (χ0n) is 17.9. The zero-order valence-corrected chi connectivity index (χ0v) is 18.7. The van der Waals surface area contributed by atoms with Crippen molar-refractivity contribution in [1.82, 2.24) is 19.3 Å². The van der Waals surface area contributed by atoms with Crippen molar-refractivity contribution < 1.29 is 17.9 Å². The summed E-state index contributed by atoms with van der Waals surface area (Å²) >= 11 is 0. The molecule has 31 heavy (non-hydrogen) atoms. The van der Waals surface area contributed by atoms with Crippen LogP contribution in [0.4, 0.5) is 5.69 Å². The van der Waals surface area contributed by atoms with Crippen LogP contribution in [-0.4, -0.2) is 56.4 Å². The number of anilines is 1. The van der Waals surface area contributed by atoms with Gasteiger partial charge in [0.2, 0.25) is 0 Å². The lowest BCUT2D eigenvalue weighted by molar-refractivity contribution is 0.355. The van der Waals surface area contributed by atoms with Gasteiger partial charge in [-0.2, -0.15) is 18.2 Å². The number of nitrogens with one attached hydrogen (secondary N) is 1. The summed E-state index contributed by atoms with van der Waals surface area (Å²) in [6, 6.07) is 7.43. The Morgan fingerprint density at radius 1 is 1.16 bits per heavy atom. The fourth-order valence-corrected chi connectivity index (χ4v) is 4.74. The second-order valence-electron chi connectivity index (χ2n) is 7.62. The number of nitrogens with two attached hydrogens (primary N) is 1. The van der Waals surface area contributed by atoms with E-state index in [0.29, 0.717) is 36.7 Å². The van der Waals surface area contributed by atoms with Crippen molar-refractivity contribution in [1.29, 1.82) is 0 Å². The second-order valence-corrected chi connectivity index (χ2v) is 8.94. The Labute approximate surface area is 181 Å². The number of hydrogen-bond acceptors (Lipinski definition) is 7. The normalized spacial score (nSPS) is 16.8. The topological polar surface area (TPSA) is 124 Å². The third-order valence-electron chi connectivity index (χ3n) is 5.38. The van der Waals surface area contributed by atoms with Crippen LogP contribution in [0.1, 0.15) is 17.8 Å². The van der Waals surface area contributed by atoms with Crippen LogP contribution >= 0.6 is 0 Å². The Morgan fingerprint density at radius 3 is 2.58 bits per heavy atom. The molecule has 0 bridgehead atoms. The highest BCUT2D eigenvalue weighted by atomic mass is 32.2. The lowest BCUT2D eigenvalue weighted by Crippen LogP contribution is -2.41. The minimum atomic E-state index is -3.75. The fraction of sp³-hybridized carbons (Fsp3) is 0.400. The maximum absolute atomic E-state index is 11.4. The number of methoxy groups -OCH3 is 2. The second kappa shape index (κ2) is 7.98. The molecule has 0 spiro atoms. The third kappa shape index (κ3) is 4.16. The molecule has 1 aliphatic rings. The summed E-state index contributed by atoms with van der Waals surface area (Å²) in [6.45, 7) is 5.05. The fourth-order valence-electron chi connectivity index (χ4n) is 4.09. The molecule has 166 valence electrons. The lowest BCUT2D eigenvalue weighted by Gasteiger charge is -2.20. The molecule has 10 nitrogen and oxygen atoms in total. The van der Waals surface area contributed by atoms with E-state index < -0.39 is 10.2 Å².